The maximum Gasteiger partial charge on any atom is 0.225 e. The molecule has 1 saturated heterocycles. The molecule has 1 saturated carbocycles. The van der Waals surface area contributed by atoms with Gasteiger partial charge in [0.25, 0.3) is 0 Å². The van der Waals surface area contributed by atoms with Gasteiger partial charge in [0.05, 0.1) is 18.1 Å². The average molecular weight is 387 g/mol. The van der Waals surface area contributed by atoms with E-state index in [1.807, 2.05) is 53.7 Å². The molecular formula is C22H27ClN2O2. The van der Waals surface area contributed by atoms with Crippen molar-refractivity contribution in [1.82, 2.24) is 9.47 Å². The number of hydrogen-bond donors (Lipinski definition) is 1. The maximum atomic E-state index is 13.1. The van der Waals surface area contributed by atoms with Crippen molar-refractivity contribution in [2.45, 2.75) is 50.2 Å². The van der Waals surface area contributed by atoms with E-state index in [9.17, 15) is 9.90 Å². The minimum atomic E-state index is -0.551. The number of fused-ring (bicyclic) bond motifs is 1. The zero-order chi connectivity index (χ0) is 18.9. The normalized spacial score (nSPS) is 26.4. The van der Waals surface area contributed by atoms with Crippen LogP contribution in [0.4, 0.5) is 0 Å². The lowest BCUT2D eigenvalue weighted by atomic mass is 9.71. The zero-order valence-electron chi connectivity index (χ0n) is 15.6. The number of carbonyl (C=O) groups is 1. The van der Waals surface area contributed by atoms with Crippen molar-refractivity contribution in [3.05, 3.63) is 59.4 Å². The molecule has 4 nitrogen and oxygen atoms in total. The standard InChI is InChI=1S/C22H27ClN2O2/c23-19-8-6-17(7-9-19)20(24-12-3-4-13-24)15-21(26)25-14-11-22(27)10-2-1-5-18(22)16-25/h3-4,6-9,12-13,18,20,27H,1-2,5,10-11,14-16H2/t18-,20-,22+/m1/s1. The van der Waals surface area contributed by atoms with Crippen molar-refractivity contribution in [2.24, 2.45) is 5.92 Å². The molecule has 1 aromatic heterocycles. The topological polar surface area (TPSA) is 45.5 Å². The number of halogens is 1. The highest BCUT2D eigenvalue weighted by molar-refractivity contribution is 6.30. The molecule has 2 fully saturated rings. The van der Waals surface area contributed by atoms with Crippen LogP contribution in [0.1, 0.15) is 50.1 Å². The molecule has 27 heavy (non-hydrogen) atoms. The summed E-state index contributed by atoms with van der Waals surface area (Å²) in [4.78, 5) is 15.1. The highest BCUT2D eigenvalue weighted by atomic mass is 35.5. The third-order valence-corrected chi connectivity index (χ3v) is 6.64. The third-order valence-electron chi connectivity index (χ3n) is 6.39. The smallest absolute Gasteiger partial charge is 0.225 e. The van der Waals surface area contributed by atoms with E-state index in [1.54, 1.807) is 0 Å². The Hall–Kier alpha value is -1.78. The summed E-state index contributed by atoms with van der Waals surface area (Å²) < 4.78 is 2.09. The molecule has 144 valence electrons. The lowest BCUT2D eigenvalue weighted by Crippen LogP contribution is -2.54. The van der Waals surface area contributed by atoms with Gasteiger partial charge in [0, 0.05) is 36.4 Å². The van der Waals surface area contributed by atoms with Gasteiger partial charge in [0.2, 0.25) is 5.91 Å². The van der Waals surface area contributed by atoms with E-state index in [0.717, 1.165) is 31.2 Å². The first-order valence-corrected chi connectivity index (χ1v) is 10.3. The highest BCUT2D eigenvalue weighted by Gasteiger charge is 2.43. The average Bonchev–Trinajstić information content (AvgIpc) is 3.20. The summed E-state index contributed by atoms with van der Waals surface area (Å²) >= 11 is 6.04. The number of amides is 1. The first-order valence-electron chi connectivity index (χ1n) is 9.93. The number of aromatic nitrogens is 1. The number of carbonyl (C=O) groups excluding carboxylic acids is 1. The summed E-state index contributed by atoms with van der Waals surface area (Å²) in [5, 5.41) is 11.6. The Kier molecular flexibility index (Phi) is 5.29. The minimum Gasteiger partial charge on any atom is -0.389 e. The molecule has 0 radical (unpaired) electrons. The van der Waals surface area contributed by atoms with Crippen LogP contribution < -0.4 is 0 Å². The molecule has 0 unspecified atom stereocenters. The van der Waals surface area contributed by atoms with Gasteiger partial charge in [-0.15, -0.1) is 0 Å². The van der Waals surface area contributed by atoms with E-state index in [0.29, 0.717) is 31.0 Å². The second-order valence-electron chi connectivity index (χ2n) is 8.04. The van der Waals surface area contributed by atoms with Gasteiger partial charge in [-0.2, -0.15) is 0 Å². The lowest BCUT2D eigenvalue weighted by Gasteiger charge is -2.47. The van der Waals surface area contributed by atoms with E-state index in [-0.39, 0.29) is 17.9 Å². The SMILES string of the molecule is O=C(C[C@H](c1ccc(Cl)cc1)n1cccc1)N1CC[C@@]2(O)CCCC[C@@H]2C1. The molecule has 4 rings (SSSR count). The van der Waals surface area contributed by atoms with Gasteiger partial charge >= 0.3 is 0 Å². The largest absolute Gasteiger partial charge is 0.389 e. The van der Waals surface area contributed by atoms with E-state index in [1.165, 1.54) is 0 Å². The number of rotatable bonds is 4. The number of benzene rings is 1. The van der Waals surface area contributed by atoms with Gasteiger partial charge in [-0.05, 0) is 49.1 Å². The first-order chi connectivity index (χ1) is 13.0. The number of piperidine rings is 1. The summed E-state index contributed by atoms with van der Waals surface area (Å²) in [6.45, 7) is 1.35. The summed E-state index contributed by atoms with van der Waals surface area (Å²) in [6.07, 6.45) is 9.30. The van der Waals surface area contributed by atoms with Crippen LogP contribution in [0.2, 0.25) is 5.02 Å². The molecule has 1 aromatic carbocycles. The van der Waals surface area contributed by atoms with Crippen LogP contribution in [0.3, 0.4) is 0 Å². The Balaban J connectivity index is 1.50. The monoisotopic (exact) mass is 386 g/mol. The van der Waals surface area contributed by atoms with E-state index < -0.39 is 5.60 Å². The Morgan fingerprint density at radius 1 is 1.19 bits per heavy atom. The van der Waals surface area contributed by atoms with Gasteiger partial charge < -0.3 is 14.6 Å². The quantitative estimate of drug-likeness (QED) is 0.852. The fourth-order valence-corrected chi connectivity index (χ4v) is 4.85. The molecule has 2 aromatic rings. The van der Waals surface area contributed by atoms with Crippen molar-refractivity contribution in [3.63, 3.8) is 0 Å². The molecule has 0 spiro atoms. The molecule has 3 atom stereocenters. The van der Waals surface area contributed by atoms with Crippen LogP contribution in [0.15, 0.2) is 48.8 Å². The lowest BCUT2D eigenvalue weighted by molar-refractivity contribution is -0.143. The predicted molar refractivity (Wildman–Crippen MR) is 107 cm³/mol. The van der Waals surface area contributed by atoms with Crippen molar-refractivity contribution >= 4 is 17.5 Å². The van der Waals surface area contributed by atoms with Crippen molar-refractivity contribution in [1.29, 1.82) is 0 Å². The Morgan fingerprint density at radius 2 is 1.93 bits per heavy atom. The van der Waals surface area contributed by atoms with E-state index in [2.05, 4.69) is 4.57 Å². The van der Waals surface area contributed by atoms with Crippen molar-refractivity contribution < 1.29 is 9.90 Å². The van der Waals surface area contributed by atoms with Crippen LogP contribution in [-0.4, -0.2) is 39.2 Å². The minimum absolute atomic E-state index is 0.0445. The number of hydrogen-bond acceptors (Lipinski definition) is 2. The first kappa shape index (κ1) is 18.6. The van der Waals surface area contributed by atoms with Crippen molar-refractivity contribution in [3.8, 4) is 0 Å². The zero-order valence-corrected chi connectivity index (χ0v) is 16.3. The molecule has 0 bridgehead atoms. The van der Waals surface area contributed by atoms with Gasteiger partial charge in [-0.1, -0.05) is 36.6 Å². The summed E-state index contributed by atoms with van der Waals surface area (Å²) in [6, 6.07) is 11.7. The van der Waals surface area contributed by atoms with Gasteiger partial charge in [0.1, 0.15) is 0 Å². The van der Waals surface area contributed by atoms with Crippen LogP contribution in [0.5, 0.6) is 0 Å². The maximum absolute atomic E-state index is 13.1. The molecule has 5 heteroatoms. The Labute approximate surface area is 165 Å². The summed E-state index contributed by atoms with van der Waals surface area (Å²) in [5.74, 6) is 0.390. The van der Waals surface area contributed by atoms with Crippen LogP contribution in [0, 0.1) is 5.92 Å². The second-order valence-corrected chi connectivity index (χ2v) is 8.47. The number of nitrogens with zero attached hydrogens (tertiary/aromatic N) is 2. The fourth-order valence-electron chi connectivity index (χ4n) is 4.73. The van der Waals surface area contributed by atoms with Gasteiger partial charge in [-0.3, -0.25) is 4.79 Å². The number of aliphatic hydroxyl groups is 1. The molecule has 2 aliphatic rings. The molecule has 1 amide bonds. The highest BCUT2D eigenvalue weighted by Crippen LogP contribution is 2.40. The van der Waals surface area contributed by atoms with Gasteiger partial charge in [-0.25, -0.2) is 0 Å². The van der Waals surface area contributed by atoms with E-state index >= 15 is 0 Å². The van der Waals surface area contributed by atoms with Crippen LogP contribution in [0.25, 0.3) is 0 Å². The van der Waals surface area contributed by atoms with Crippen molar-refractivity contribution in [2.75, 3.05) is 13.1 Å². The fraction of sp³-hybridized carbons (Fsp3) is 0.500. The predicted octanol–water partition coefficient (Wildman–Crippen LogP) is 4.27. The van der Waals surface area contributed by atoms with Crippen LogP contribution >= 0.6 is 11.6 Å². The second kappa shape index (κ2) is 7.69. The molecule has 1 aliphatic heterocycles. The summed E-state index contributed by atoms with van der Waals surface area (Å²) in [5.41, 5.74) is 0.528. The Morgan fingerprint density at radius 3 is 2.67 bits per heavy atom. The van der Waals surface area contributed by atoms with E-state index in [4.69, 9.17) is 11.6 Å². The third kappa shape index (κ3) is 3.92. The van der Waals surface area contributed by atoms with Gasteiger partial charge in [0.15, 0.2) is 0 Å². The molecule has 1 N–H and O–H groups in total. The Bertz CT molecular complexity index is 774. The molecule has 2 heterocycles. The van der Waals surface area contributed by atoms with Crippen LogP contribution in [-0.2, 0) is 4.79 Å². The number of likely N-dealkylation sites (tertiary alicyclic amines) is 1. The summed E-state index contributed by atoms with van der Waals surface area (Å²) in [7, 11) is 0. The molecular weight excluding hydrogens is 360 g/mol. The molecule has 1 aliphatic carbocycles.